The lowest BCUT2D eigenvalue weighted by molar-refractivity contribution is -0.139. The van der Waals surface area contributed by atoms with Gasteiger partial charge in [0, 0.05) is 45.2 Å². The molecule has 2 saturated heterocycles. The first-order valence-corrected chi connectivity index (χ1v) is 11.7. The van der Waals surface area contributed by atoms with Crippen molar-refractivity contribution in [2.24, 2.45) is 5.92 Å². The van der Waals surface area contributed by atoms with Gasteiger partial charge < -0.3 is 14.5 Å². The van der Waals surface area contributed by atoms with E-state index in [1.54, 1.807) is 23.1 Å². The van der Waals surface area contributed by atoms with E-state index in [1.807, 2.05) is 4.90 Å². The van der Waals surface area contributed by atoms with E-state index in [2.05, 4.69) is 0 Å². The van der Waals surface area contributed by atoms with Crippen molar-refractivity contribution in [2.75, 3.05) is 52.5 Å². The highest BCUT2D eigenvalue weighted by molar-refractivity contribution is 7.89. The molecule has 0 atom stereocenters. The van der Waals surface area contributed by atoms with Crippen LogP contribution in [0.5, 0.6) is 0 Å². The van der Waals surface area contributed by atoms with Crippen molar-refractivity contribution in [3.8, 4) is 0 Å². The average Bonchev–Trinajstić information content (AvgIpc) is 2.72. The monoisotopic (exact) mass is 421 g/mol. The number of sulfonamides is 1. The lowest BCUT2D eigenvalue weighted by Crippen LogP contribution is -2.52. The molecule has 0 unspecified atom stereocenters. The molecule has 0 aromatic heterocycles. The van der Waals surface area contributed by atoms with E-state index in [1.165, 1.54) is 10.4 Å². The van der Waals surface area contributed by atoms with Gasteiger partial charge in [-0.1, -0.05) is 18.6 Å². The molecule has 1 aromatic rings. The van der Waals surface area contributed by atoms with Gasteiger partial charge in [0.15, 0.2) is 0 Å². The van der Waals surface area contributed by atoms with Crippen molar-refractivity contribution >= 4 is 21.8 Å². The van der Waals surface area contributed by atoms with E-state index in [9.17, 15) is 18.0 Å². The number of hydrogen-bond donors (Lipinski definition) is 0. The maximum Gasteiger partial charge on any atom is 0.255 e. The van der Waals surface area contributed by atoms with Crippen LogP contribution in [0, 0.1) is 5.92 Å². The maximum atomic E-state index is 13.1. The van der Waals surface area contributed by atoms with E-state index in [0.29, 0.717) is 39.4 Å². The highest BCUT2D eigenvalue weighted by Crippen LogP contribution is 2.29. The molecule has 2 aliphatic heterocycles. The van der Waals surface area contributed by atoms with Gasteiger partial charge in [0.25, 0.3) is 5.91 Å². The first kappa shape index (κ1) is 20.3. The van der Waals surface area contributed by atoms with Crippen LogP contribution in [0.25, 0.3) is 0 Å². The van der Waals surface area contributed by atoms with Crippen LogP contribution >= 0.6 is 0 Å². The Kier molecular flexibility index (Phi) is 5.89. The lowest BCUT2D eigenvalue weighted by atomic mass is 9.84. The number of nitrogens with zero attached hydrogens (tertiary/aromatic N) is 3. The van der Waals surface area contributed by atoms with Crippen LogP contribution in [0.2, 0.25) is 0 Å². The predicted octanol–water partition coefficient (Wildman–Crippen LogP) is 0.792. The molecular formula is C20H27N3O5S. The molecule has 3 aliphatic rings. The molecule has 2 heterocycles. The van der Waals surface area contributed by atoms with E-state index in [4.69, 9.17) is 4.74 Å². The van der Waals surface area contributed by atoms with Crippen LogP contribution in [0.3, 0.4) is 0 Å². The highest BCUT2D eigenvalue weighted by Gasteiger charge is 2.34. The number of hydrogen-bond acceptors (Lipinski definition) is 5. The average molecular weight is 422 g/mol. The molecule has 29 heavy (non-hydrogen) atoms. The van der Waals surface area contributed by atoms with Crippen LogP contribution in [0.15, 0.2) is 29.2 Å². The lowest BCUT2D eigenvalue weighted by Gasteiger charge is -2.38. The van der Waals surface area contributed by atoms with E-state index >= 15 is 0 Å². The number of carbonyl (C=O) groups is 2. The number of amides is 2. The molecule has 9 heteroatoms. The SMILES string of the molecule is O=C(c1ccccc1S(=O)(=O)N1CCOCC1)N1CCN(C(=O)C2CCC2)CC1. The summed E-state index contributed by atoms with van der Waals surface area (Å²) in [5.74, 6) is 0.0449. The summed E-state index contributed by atoms with van der Waals surface area (Å²) in [6.45, 7) is 3.11. The Morgan fingerprint density at radius 1 is 0.897 bits per heavy atom. The Labute approximate surface area is 171 Å². The predicted molar refractivity (Wildman–Crippen MR) is 106 cm³/mol. The van der Waals surface area contributed by atoms with Crippen molar-refractivity contribution in [1.82, 2.24) is 14.1 Å². The quantitative estimate of drug-likeness (QED) is 0.718. The minimum absolute atomic E-state index is 0.0415. The molecule has 1 aromatic carbocycles. The van der Waals surface area contributed by atoms with Crippen LogP contribution in [-0.2, 0) is 19.6 Å². The van der Waals surface area contributed by atoms with Gasteiger partial charge in [0.2, 0.25) is 15.9 Å². The third-order valence-electron chi connectivity index (χ3n) is 6.04. The summed E-state index contributed by atoms with van der Waals surface area (Å²) in [6.07, 6.45) is 3.04. The molecule has 0 radical (unpaired) electrons. The third-order valence-corrected chi connectivity index (χ3v) is 8.00. The summed E-state index contributed by atoms with van der Waals surface area (Å²) in [5, 5.41) is 0. The molecule has 158 valence electrons. The number of ether oxygens (including phenoxy) is 1. The number of benzene rings is 1. The molecule has 8 nitrogen and oxygen atoms in total. The van der Waals surface area contributed by atoms with Gasteiger partial charge in [0.1, 0.15) is 0 Å². The number of carbonyl (C=O) groups excluding carboxylic acids is 2. The van der Waals surface area contributed by atoms with Crippen molar-refractivity contribution in [3.05, 3.63) is 29.8 Å². The van der Waals surface area contributed by atoms with Crippen molar-refractivity contribution in [2.45, 2.75) is 24.2 Å². The zero-order valence-electron chi connectivity index (χ0n) is 16.5. The highest BCUT2D eigenvalue weighted by atomic mass is 32.2. The Balaban J connectivity index is 1.48. The smallest absolute Gasteiger partial charge is 0.255 e. The second-order valence-corrected chi connectivity index (χ2v) is 9.66. The summed E-state index contributed by atoms with van der Waals surface area (Å²) in [7, 11) is -3.77. The fourth-order valence-electron chi connectivity index (χ4n) is 4.01. The second kappa shape index (κ2) is 8.41. The molecule has 3 fully saturated rings. The van der Waals surface area contributed by atoms with Crippen LogP contribution in [0.1, 0.15) is 29.6 Å². The molecule has 1 saturated carbocycles. The van der Waals surface area contributed by atoms with Crippen LogP contribution < -0.4 is 0 Å². The number of piperazine rings is 1. The van der Waals surface area contributed by atoms with E-state index in [0.717, 1.165) is 19.3 Å². The van der Waals surface area contributed by atoms with Gasteiger partial charge in [-0.25, -0.2) is 8.42 Å². The zero-order chi connectivity index (χ0) is 20.4. The minimum Gasteiger partial charge on any atom is -0.379 e. The number of morpholine rings is 1. The number of rotatable bonds is 4. The summed E-state index contributed by atoms with van der Waals surface area (Å²) >= 11 is 0. The van der Waals surface area contributed by atoms with Crippen molar-refractivity contribution in [3.63, 3.8) is 0 Å². The largest absolute Gasteiger partial charge is 0.379 e. The van der Waals surface area contributed by atoms with Crippen molar-refractivity contribution in [1.29, 1.82) is 0 Å². The Morgan fingerprint density at radius 2 is 1.52 bits per heavy atom. The van der Waals surface area contributed by atoms with Gasteiger partial charge in [-0.05, 0) is 25.0 Å². The minimum atomic E-state index is -3.77. The summed E-state index contributed by atoms with van der Waals surface area (Å²) in [5.41, 5.74) is 0.192. The fraction of sp³-hybridized carbons (Fsp3) is 0.600. The Morgan fingerprint density at radius 3 is 2.14 bits per heavy atom. The molecule has 0 N–H and O–H groups in total. The fourth-order valence-corrected chi connectivity index (χ4v) is 5.60. The van der Waals surface area contributed by atoms with Crippen LogP contribution in [-0.4, -0.2) is 86.8 Å². The first-order valence-electron chi connectivity index (χ1n) is 10.2. The first-order chi connectivity index (χ1) is 14.0. The molecule has 0 spiro atoms. The molecular weight excluding hydrogens is 394 g/mol. The molecule has 0 bridgehead atoms. The zero-order valence-corrected chi connectivity index (χ0v) is 17.3. The van der Waals surface area contributed by atoms with Gasteiger partial charge >= 0.3 is 0 Å². The van der Waals surface area contributed by atoms with Gasteiger partial charge in [-0.3, -0.25) is 9.59 Å². The standard InChI is InChI=1S/C20H27N3O5S/c24-19(16-4-3-5-16)21-8-10-22(11-9-21)20(25)17-6-1-2-7-18(17)29(26,27)23-12-14-28-15-13-23/h1-2,6-7,16H,3-5,8-15H2. The maximum absolute atomic E-state index is 13.1. The molecule has 1 aliphatic carbocycles. The van der Waals surface area contributed by atoms with Gasteiger partial charge in [-0.2, -0.15) is 4.31 Å². The van der Waals surface area contributed by atoms with Crippen molar-refractivity contribution < 1.29 is 22.7 Å². The Bertz CT molecular complexity index is 870. The summed E-state index contributed by atoms with van der Waals surface area (Å²) in [4.78, 5) is 29.1. The summed E-state index contributed by atoms with van der Waals surface area (Å²) in [6, 6.07) is 6.39. The van der Waals surface area contributed by atoms with Gasteiger partial charge in [-0.15, -0.1) is 0 Å². The Hall–Kier alpha value is -1.97. The third kappa shape index (κ3) is 4.04. The summed E-state index contributed by atoms with van der Waals surface area (Å²) < 4.78 is 32.8. The van der Waals surface area contributed by atoms with Gasteiger partial charge in [0.05, 0.1) is 23.7 Å². The van der Waals surface area contributed by atoms with Crippen LogP contribution in [0.4, 0.5) is 0 Å². The van der Waals surface area contributed by atoms with E-state index in [-0.39, 0.29) is 41.3 Å². The normalized spacial score (nSPS) is 21.7. The van der Waals surface area contributed by atoms with E-state index < -0.39 is 10.0 Å². The second-order valence-electron chi connectivity index (χ2n) is 7.76. The topological polar surface area (TPSA) is 87.2 Å². The molecule has 4 rings (SSSR count). The molecule has 2 amide bonds.